The third kappa shape index (κ3) is 4.60. The van der Waals surface area contributed by atoms with Crippen LogP contribution >= 0.6 is 0 Å². The van der Waals surface area contributed by atoms with E-state index in [2.05, 4.69) is 25.6 Å². The molecule has 25 heavy (non-hydrogen) atoms. The number of hydrogen-bond acceptors (Lipinski definition) is 5. The van der Waals surface area contributed by atoms with E-state index in [1.807, 2.05) is 43.3 Å². The molecular weight excluding hydrogens is 314 g/mol. The number of nitrogens with zero attached hydrogens (tertiary/aromatic N) is 3. The van der Waals surface area contributed by atoms with Crippen LogP contribution in [0.5, 0.6) is 0 Å². The quantitative estimate of drug-likeness (QED) is 0.748. The van der Waals surface area contributed by atoms with Crippen LogP contribution in [0.15, 0.2) is 54.9 Å². The minimum Gasteiger partial charge on any atom is -0.366 e. The molecule has 0 fully saturated rings. The van der Waals surface area contributed by atoms with Gasteiger partial charge in [-0.2, -0.15) is 0 Å². The van der Waals surface area contributed by atoms with Gasteiger partial charge in [-0.05, 0) is 43.7 Å². The van der Waals surface area contributed by atoms with Crippen LogP contribution in [-0.2, 0) is 6.54 Å². The fourth-order valence-corrected chi connectivity index (χ4v) is 2.30. The maximum absolute atomic E-state index is 12.4. The van der Waals surface area contributed by atoms with Gasteiger partial charge >= 0.3 is 0 Å². The second-order valence-corrected chi connectivity index (χ2v) is 5.71. The van der Waals surface area contributed by atoms with E-state index in [4.69, 9.17) is 0 Å². The van der Waals surface area contributed by atoms with E-state index in [0.717, 1.165) is 16.8 Å². The normalized spacial score (nSPS) is 10.3. The van der Waals surface area contributed by atoms with Gasteiger partial charge in [0, 0.05) is 30.7 Å². The number of hydrogen-bond donors (Lipinski definition) is 2. The van der Waals surface area contributed by atoms with Gasteiger partial charge < -0.3 is 10.6 Å². The Hall–Kier alpha value is -3.28. The Balaban J connectivity index is 1.72. The summed E-state index contributed by atoms with van der Waals surface area (Å²) in [5, 5.41) is 6.06. The van der Waals surface area contributed by atoms with Crippen LogP contribution in [-0.4, -0.2) is 20.9 Å². The van der Waals surface area contributed by atoms with E-state index in [1.54, 1.807) is 25.4 Å². The highest BCUT2D eigenvalue weighted by Gasteiger charge is 2.11. The first-order chi connectivity index (χ1) is 12.1. The van der Waals surface area contributed by atoms with Gasteiger partial charge in [0.25, 0.3) is 5.91 Å². The molecule has 6 heteroatoms. The summed E-state index contributed by atoms with van der Waals surface area (Å²) < 4.78 is 0. The predicted molar refractivity (Wildman–Crippen MR) is 97.5 cm³/mol. The molecule has 1 aromatic carbocycles. The predicted octanol–water partition coefficient (Wildman–Crippen LogP) is 3.35. The molecule has 0 aliphatic rings. The van der Waals surface area contributed by atoms with Gasteiger partial charge in [-0.3, -0.25) is 9.78 Å². The second-order valence-electron chi connectivity index (χ2n) is 5.71. The Bertz CT molecular complexity index is 863. The van der Waals surface area contributed by atoms with Crippen molar-refractivity contribution in [3.8, 4) is 0 Å². The summed E-state index contributed by atoms with van der Waals surface area (Å²) in [4.78, 5) is 25.0. The molecule has 2 aromatic heterocycles. The molecule has 2 heterocycles. The SMILES string of the molecule is Cc1ccc(NC(=O)c2cc(NCc3ccncc3)nc(C)n2)cc1. The molecule has 0 saturated heterocycles. The highest BCUT2D eigenvalue weighted by atomic mass is 16.1. The lowest BCUT2D eigenvalue weighted by molar-refractivity contribution is 0.102. The summed E-state index contributed by atoms with van der Waals surface area (Å²) in [6, 6.07) is 13.1. The first kappa shape index (κ1) is 16.6. The Kier molecular flexibility index (Phi) is 4.99. The summed E-state index contributed by atoms with van der Waals surface area (Å²) in [6.45, 7) is 4.36. The van der Waals surface area contributed by atoms with Crippen molar-refractivity contribution >= 4 is 17.4 Å². The highest BCUT2D eigenvalue weighted by Crippen LogP contribution is 2.13. The lowest BCUT2D eigenvalue weighted by Gasteiger charge is -2.09. The van der Waals surface area contributed by atoms with E-state index >= 15 is 0 Å². The van der Waals surface area contributed by atoms with E-state index in [0.29, 0.717) is 23.9 Å². The van der Waals surface area contributed by atoms with Gasteiger partial charge in [0.2, 0.25) is 0 Å². The summed E-state index contributed by atoms with van der Waals surface area (Å²) in [5.41, 5.74) is 3.28. The van der Waals surface area contributed by atoms with Gasteiger partial charge in [0.15, 0.2) is 0 Å². The van der Waals surface area contributed by atoms with Crippen molar-refractivity contribution in [2.75, 3.05) is 10.6 Å². The number of amides is 1. The van der Waals surface area contributed by atoms with Crippen LogP contribution in [0, 0.1) is 13.8 Å². The molecule has 126 valence electrons. The summed E-state index contributed by atoms with van der Waals surface area (Å²) >= 11 is 0. The molecule has 3 rings (SSSR count). The molecule has 0 aliphatic heterocycles. The number of pyridine rings is 1. The van der Waals surface area contributed by atoms with Crippen LogP contribution in [0.4, 0.5) is 11.5 Å². The number of rotatable bonds is 5. The van der Waals surface area contributed by atoms with Crippen LogP contribution in [0.25, 0.3) is 0 Å². The van der Waals surface area contributed by atoms with Crippen LogP contribution in [0.1, 0.15) is 27.4 Å². The van der Waals surface area contributed by atoms with Crippen molar-refractivity contribution in [1.29, 1.82) is 0 Å². The molecule has 1 amide bonds. The maximum Gasteiger partial charge on any atom is 0.274 e. The van der Waals surface area contributed by atoms with Crippen LogP contribution in [0.3, 0.4) is 0 Å². The number of anilines is 2. The van der Waals surface area contributed by atoms with E-state index in [9.17, 15) is 4.79 Å². The highest BCUT2D eigenvalue weighted by molar-refractivity contribution is 6.03. The van der Waals surface area contributed by atoms with Crippen LogP contribution < -0.4 is 10.6 Å². The smallest absolute Gasteiger partial charge is 0.274 e. The van der Waals surface area contributed by atoms with Gasteiger partial charge in [0.1, 0.15) is 17.3 Å². The number of aryl methyl sites for hydroxylation is 2. The minimum atomic E-state index is -0.263. The molecule has 0 bridgehead atoms. The second kappa shape index (κ2) is 7.53. The van der Waals surface area contributed by atoms with Crippen molar-refractivity contribution in [3.63, 3.8) is 0 Å². The van der Waals surface area contributed by atoms with Crippen LogP contribution in [0.2, 0.25) is 0 Å². The fraction of sp³-hybridized carbons (Fsp3) is 0.158. The lowest BCUT2D eigenvalue weighted by atomic mass is 10.2. The average molecular weight is 333 g/mol. The Morgan fingerprint density at radius 3 is 2.44 bits per heavy atom. The van der Waals surface area contributed by atoms with Crippen molar-refractivity contribution in [2.45, 2.75) is 20.4 Å². The number of aromatic nitrogens is 3. The molecule has 3 aromatic rings. The number of benzene rings is 1. The molecule has 0 unspecified atom stereocenters. The molecule has 2 N–H and O–H groups in total. The molecule has 0 atom stereocenters. The summed E-state index contributed by atoms with van der Waals surface area (Å²) in [6.07, 6.45) is 3.48. The van der Waals surface area contributed by atoms with Crippen molar-refractivity contribution in [1.82, 2.24) is 15.0 Å². The topological polar surface area (TPSA) is 79.8 Å². The zero-order valence-corrected chi connectivity index (χ0v) is 14.2. The minimum absolute atomic E-state index is 0.263. The summed E-state index contributed by atoms with van der Waals surface area (Å²) in [5.74, 6) is 0.883. The zero-order valence-electron chi connectivity index (χ0n) is 14.2. The molecule has 0 aliphatic carbocycles. The number of carbonyl (C=O) groups excluding carboxylic acids is 1. The molecule has 0 radical (unpaired) electrons. The van der Waals surface area contributed by atoms with Gasteiger partial charge in [-0.25, -0.2) is 9.97 Å². The third-order valence-corrected chi connectivity index (χ3v) is 3.60. The Morgan fingerprint density at radius 2 is 1.72 bits per heavy atom. The largest absolute Gasteiger partial charge is 0.366 e. The standard InChI is InChI=1S/C19H19N5O/c1-13-3-5-16(6-4-13)24-19(25)17-11-18(23-14(2)22-17)21-12-15-7-9-20-10-8-15/h3-11H,12H2,1-2H3,(H,24,25)(H,21,22,23). The first-order valence-corrected chi connectivity index (χ1v) is 7.96. The average Bonchev–Trinajstić information content (AvgIpc) is 2.62. The Morgan fingerprint density at radius 1 is 1.00 bits per heavy atom. The number of nitrogens with one attached hydrogen (secondary N) is 2. The van der Waals surface area contributed by atoms with Crippen molar-refractivity contribution < 1.29 is 4.79 Å². The van der Waals surface area contributed by atoms with Gasteiger partial charge in [-0.15, -0.1) is 0 Å². The van der Waals surface area contributed by atoms with E-state index in [1.165, 1.54) is 0 Å². The monoisotopic (exact) mass is 333 g/mol. The zero-order chi connectivity index (χ0) is 17.6. The molecule has 0 saturated carbocycles. The first-order valence-electron chi connectivity index (χ1n) is 7.96. The number of carbonyl (C=O) groups is 1. The molecular formula is C19H19N5O. The van der Waals surface area contributed by atoms with Gasteiger partial charge in [0.05, 0.1) is 0 Å². The Labute approximate surface area is 146 Å². The lowest BCUT2D eigenvalue weighted by Crippen LogP contribution is -2.15. The summed E-state index contributed by atoms with van der Waals surface area (Å²) in [7, 11) is 0. The molecule has 6 nitrogen and oxygen atoms in total. The maximum atomic E-state index is 12.4. The van der Waals surface area contributed by atoms with Crippen molar-refractivity contribution in [3.05, 3.63) is 77.5 Å². The molecule has 0 spiro atoms. The fourth-order valence-electron chi connectivity index (χ4n) is 2.30. The van der Waals surface area contributed by atoms with E-state index in [-0.39, 0.29) is 5.91 Å². The van der Waals surface area contributed by atoms with Gasteiger partial charge in [-0.1, -0.05) is 17.7 Å². The van der Waals surface area contributed by atoms with E-state index < -0.39 is 0 Å². The third-order valence-electron chi connectivity index (χ3n) is 3.60. The van der Waals surface area contributed by atoms with Crippen molar-refractivity contribution in [2.24, 2.45) is 0 Å².